The van der Waals surface area contributed by atoms with Crippen LogP contribution in [0.4, 0.5) is 10.2 Å². The summed E-state index contributed by atoms with van der Waals surface area (Å²) in [5.74, 6) is 0.542. The quantitative estimate of drug-likeness (QED) is 0.348. The van der Waals surface area contributed by atoms with E-state index in [4.69, 9.17) is 10.5 Å². The summed E-state index contributed by atoms with van der Waals surface area (Å²) < 4.78 is 19.8. The van der Waals surface area contributed by atoms with Crippen LogP contribution in [0.25, 0.3) is 22.3 Å². The minimum absolute atomic E-state index is 0.0752. The van der Waals surface area contributed by atoms with Crippen LogP contribution in [0.3, 0.4) is 0 Å². The highest BCUT2D eigenvalue weighted by molar-refractivity contribution is 5.92. The molecule has 0 aliphatic heterocycles. The van der Waals surface area contributed by atoms with Gasteiger partial charge in [-0.05, 0) is 79.2 Å². The lowest BCUT2D eigenvalue weighted by Crippen LogP contribution is -2.22. The zero-order chi connectivity index (χ0) is 26.7. The minimum Gasteiger partial charge on any atom is -0.469 e. The summed E-state index contributed by atoms with van der Waals surface area (Å²) in [5, 5.41) is 2.96. The molecule has 6 nitrogen and oxygen atoms in total. The van der Waals surface area contributed by atoms with Crippen molar-refractivity contribution in [3.63, 3.8) is 0 Å². The van der Waals surface area contributed by atoms with Crippen molar-refractivity contribution in [2.45, 2.75) is 56.9 Å². The number of anilines is 1. The fourth-order valence-corrected chi connectivity index (χ4v) is 5.52. The van der Waals surface area contributed by atoms with Crippen molar-refractivity contribution in [3.05, 3.63) is 72.2 Å². The van der Waals surface area contributed by atoms with Crippen molar-refractivity contribution in [1.29, 1.82) is 0 Å². The molecule has 3 aromatic rings. The summed E-state index contributed by atoms with van der Waals surface area (Å²) >= 11 is 0. The Kier molecular flexibility index (Phi) is 7.56. The van der Waals surface area contributed by atoms with Crippen LogP contribution in [0.2, 0.25) is 0 Å². The first-order valence-electron chi connectivity index (χ1n) is 13.4. The van der Waals surface area contributed by atoms with E-state index in [1.165, 1.54) is 13.2 Å². The van der Waals surface area contributed by atoms with Gasteiger partial charge in [0.15, 0.2) is 0 Å². The number of carbonyl (C=O) groups excluding carboxylic acids is 2. The second-order valence-electron chi connectivity index (χ2n) is 10.8. The third-order valence-corrected chi connectivity index (χ3v) is 7.98. The van der Waals surface area contributed by atoms with E-state index in [0.29, 0.717) is 35.7 Å². The van der Waals surface area contributed by atoms with Gasteiger partial charge in [-0.3, -0.25) is 9.59 Å². The topological polar surface area (TPSA) is 94.3 Å². The van der Waals surface area contributed by atoms with Gasteiger partial charge in [0.25, 0.3) is 0 Å². The maximum atomic E-state index is 15.0. The minimum atomic E-state index is -0.544. The lowest BCUT2D eigenvalue weighted by Gasteiger charge is -2.27. The largest absolute Gasteiger partial charge is 0.469 e. The number of nitrogens with two attached hydrogens (primary N) is 1. The van der Waals surface area contributed by atoms with Crippen molar-refractivity contribution < 1.29 is 18.7 Å². The lowest BCUT2D eigenvalue weighted by molar-refractivity contribution is -0.142. The molecule has 1 aromatic heterocycles. The monoisotopic (exact) mass is 515 g/mol. The number of amides is 1. The first-order valence-corrected chi connectivity index (χ1v) is 13.4. The molecule has 7 heteroatoms. The molecule has 2 aliphatic rings. The van der Waals surface area contributed by atoms with E-state index in [9.17, 15) is 9.59 Å². The van der Waals surface area contributed by atoms with E-state index in [-0.39, 0.29) is 23.6 Å². The number of hydrogen-bond acceptors (Lipinski definition) is 5. The van der Waals surface area contributed by atoms with Gasteiger partial charge < -0.3 is 15.8 Å². The molecule has 38 heavy (non-hydrogen) atoms. The smallest absolute Gasteiger partial charge is 0.305 e. The van der Waals surface area contributed by atoms with E-state index >= 15 is 4.39 Å². The van der Waals surface area contributed by atoms with Crippen LogP contribution in [0, 0.1) is 17.7 Å². The summed E-state index contributed by atoms with van der Waals surface area (Å²) in [7, 11) is 1.42. The summed E-state index contributed by atoms with van der Waals surface area (Å²) in [5.41, 5.74) is 9.55. The van der Waals surface area contributed by atoms with Gasteiger partial charge >= 0.3 is 5.97 Å². The number of nitrogens with one attached hydrogen (secondary N) is 1. The van der Waals surface area contributed by atoms with Gasteiger partial charge in [0.2, 0.25) is 5.91 Å². The molecule has 1 heterocycles. The van der Waals surface area contributed by atoms with E-state index < -0.39 is 5.54 Å². The van der Waals surface area contributed by atoms with Gasteiger partial charge in [-0.25, -0.2) is 9.37 Å². The van der Waals surface area contributed by atoms with Gasteiger partial charge in [-0.15, -0.1) is 0 Å². The number of pyridine rings is 1. The number of hydrogen-bond donors (Lipinski definition) is 2. The normalized spacial score (nSPS) is 20.0. The second-order valence-corrected chi connectivity index (χ2v) is 10.8. The van der Waals surface area contributed by atoms with Crippen molar-refractivity contribution in [2.75, 3.05) is 12.4 Å². The molecule has 0 bridgehead atoms. The molecule has 2 aromatic carbocycles. The molecule has 0 saturated heterocycles. The summed E-state index contributed by atoms with van der Waals surface area (Å²) in [4.78, 5) is 28.9. The zero-order valence-corrected chi connectivity index (χ0v) is 21.7. The highest BCUT2D eigenvalue weighted by Gasteiger charge is 2.42. The molecule has 2 aliphatic carbocycles. The summed E-state index contributed by atoms with van der Waals surface area (Å²) in [6.07, 6.45) is 7.85. The summed E-state index contributed by atoms with van der Waals surface area (Å²) in [6.45, 7) is 0. The standard InChI is InChI=1S/C31H34FN3O3/c1-38-30(37)16-21-9-7-20(8-10-21)15-29(36)35-28-18-24(22-5-3-2-4-6-22)25(19-34-28)23-11-12-26(27(32)17-23)31(33)13-14-31/h2-6,11-12,17-21H,7-10,13-16,33H2,1H3,(H,34,35,36). The molecule has 198 valence electrons. The maximum absolute atomic E-state index is 15.0. The van der Waals surface area contributed by atoms with Crippen LogP contribution >= 0.6 is 0 Å². The Hall–Kier alpha value is -3.58. The second kappa shape index (κ2) is 11.0. The predicted octanol–water partition coefficient (Wildman–Crippen LogP) is 6.20. The number of esters is 1. The Labute approximate surface area is 222 Å². The van der Waals surface area contributed by atoms with Crippen molar-refractivity contribution in [3.8, 4) is 22.3 Å². The van der Waals surface area contributed by atoms with Crippen molar-refractivity contribution in [2.24, 2.45) is 17.6 Å². The van der Waals surface area contributed by atoms with E-state index in [1.807, 2.05) is 42.5 Å². The van der Waals surface area contributed by atoms with Crippen LogP contribution in [-0.4, -0.2) is 24.0 Å². The third-order valence-electron chi connectivity index (χ3n) is 7.98. The zero-order valence-electron chi connectivity index (χ0n) is 21.7. The molecule has 2 fully saturated rings. The molecular formula is C31H34FN3O3. The van der Waals surface area contributed by atoms with Gasteiger partial charge in [-0.1, -0.05) is 42.5 Å². The third kappa shape index (κ3) is 5.94. The summed E-state index contributed by atoms with van der Waals surface area (Å²) in [6, 6.07) is 16.9. The van der Waals surface area contributed by atoms with Crippen molar-refractivity contribution >= 4 is 17.7 Å². The number of benzene rings is 2. The highest BCUT2D eigenvalue weighted by atomic mass is 19.1. The Balaban J connectivity index is 1.31. The Morgan fingerprint density at radius 1 is 0.974 bits per heavy atom. The molecular weight excluding hydrogens is 481 g/mol. The van der Waals surface area contributed by atoms with Gasteiger partial charge in [-0.2, -0.15) is 0 Å². The Morgan fingerprint density at radius 2 is 1.66 bits per heavy atom. The number of methoxy groups -OCH3 is 1. The van der Waals surface area contributed by atoms with E-state index in [1.54, 1.807) is 12.3 Å². The number of aromatic nitrogens is 1. The van der Waals surface area contributed by atoms with Gasteiger partial charge in [0.05, 0.1) is 7.11 Å². The molecule has 5 rings (SSSR count). The number of nitrogens with zero attached hydrogens (tertiary/aromatic N) is 1. The van der Waals surface area contributed by atoms with Crippen LogP contribution in [-0.2, 0) is 19.9 Å². The van der Waals surface area contributed by atoms with Gasteiger partial charge in [0, 0.05) is 35.7 Å². The molecule has 0 radical (unpaired) electrons. The number of ether oxygens (including phenoxy) is 1. The Bertz CT molecular complexity index is 1320. The van der Waals surface area contributed by atoms with Crippen LogP contribution in [0.5, 0.6) is 0 Å². The van der Waals surface area contributed by atoms with Crippen molar-refractivity contribution in [1.82, 2.24) is 4.98 Å². The number of rotatable bonds is 8. The lowest BCUT2D eigenvalue weighted by atomic mass is 9.79. The fraction of sp³-hybridized carbons (Fsp3) is 0.387. The molecule has 0 unspecified atom stereocenters. The molecule has 2 saturated carbocycles. The van der Waals surface area contributed by atoms with Gasteiger partial charge in [0.1, 0.15) is 11.6 Å². The average Bonchev–Trinajstić information content (AvgIpc) is 3.68. The molecule has 0 spiro atoms. The predicted molar refractivity (Wildman–Crippen MR) is 145 cm³/mol. The average molecular weight is 516 g/mol. The number of carbonyl (C=O) groups is 2. The first kappa shape index (κ1) is 26.0. The Morgan fingerprint density at radius 3 is 2.29 bits per heavy atom. The first-order chi connectivity index (χ1) is 18.3. The SMILES string of the molecule is COC(=O)CC1CCC(CC(=O)Nc2cc(-c3ccccc3)c(-c3ccc(C4(N)CC4)c(F)c3)cn2)CC1. The van der Waals surface area contributed by atoms with Crippen LogP contribution in [0.1, 0.15) is 56.9 Å². The number of halogens is 1. The van der Waals surface area contributed by atoms with Crippen LogP contribution < -0.4 is 11.1 Å². The molecule has 3 N–H and O–H groups in total. The van der Waals surface area contributed by atoms with E-state index in [0.717, 1.165) is 55.2 Å². The maximum Gasteiger partial charge on any atom is 0.305 e. The van der Waals surface area contributed by atoms with E-state index in [2.05, 4.69) is 10.3 Å². The molecule has 1 amide bonds. The highest BCUT2D eigenvalue weighted by Crippen LogP contribution is 2.45. The fourth-order valence-electron chi connectivity index (χ4n) is 5.52. The van der Waals surface area contributed by atoms with Crippen LogP contribution in [0.15, 0.2) is 60.8 Å². The molecule has 0 atom stereocenters.